The summed E-state index contributed by atoms with van der Waals surface area (Å²) >= 11 is 0. The van der Waals surface area contributed by atoms with Crippen LogP contribution in [0.1, 0.15) is 46.4 Å². The Kier molecular flexibility index (Phi) is 4.84. The maximum Gasteiger partial charge on any atom is 0.259 e. The monoisotopic (exact) mass is 347 g/mol. The van der Waals surface area contributed by atoms with Gasteiger partial charge in [-0.15, -0.1) is 0 Å². The van der Waals surface area contributed by atoms with E-state index >= 15 is 0 Å². The number of nitrogens with zero attached hydrogens (tertiary/aromatic N) is 3. The van der Waals surface area contributed by atoms with Crippen LogP contribution in [-0.2, 0) is 16.1 Å². The van der Waals surface area contributed by atoms with Crippen molar-refractivity contribution < 1.29 is 18.8 Å². The quantitative estimate of drug-likeness (QED) is 0.848. The molecule has 1 atom stereocenters. The third-order valence-electron chi connectivity index (χ3n) is 4.08. The fourth-order valence-electron chi connectivity index (χ4n) is 2.80. The lowest BCUT2D eigenvalue weighted by molar-refractivity contribution is -0.119. The van der Waals surface area contributed by atoms with Crippen LogP contribution in [0.4, 0.5) is 0 Å². The number of carbonyl (C=O) groups is 2. The first kappa shape index (κ1) is 17.2. The molecule has 9 heteroatoms. The van der Waals surface area contributed by atoms with Gasteiger partial charge in [0, 0.05) is 13.5 Å². The van der Waals surface area contributed by atoms with Gasteiger partial charge in [0.25, 0.3) is 5.91 Å². The molecule has 0 radical (unpaired) electrons. The molecule has 0 aromatic carbocycles. The van der Waals surface area contributed by atoms with E-state index in [2.05, 4.69) is 20.4 Å². The van der Waals surface area contributed by atoms with E-state index in [9.17, 15) is 9.59 Å². The molecular weight excluding hydrogens is 326 g/mol. The molecule has 2 aromatic rings. The van der Waals surface area contributed by atoms with Crippen molar-refractivity contribution in [3.8, 4) is 0 Å². The van der Waals surface area contributed by atoms with Crippen molar-refractivity contribution in [2.24, 2.45) is 0 Å². The molecule has 1 saturated heterocycles. The Hall–Kier alpha value is -2.68. The van der Waals surface area contributed by atoms with Crippen molar-refractivity contribution in [1.82, 2.24) is 25.3 Å². The predicted molar refractivity (Wildman–Crippen MR) is 86.7 cm³/mol. The van der Waals surface area contributed by atoms with Crippen LogP contribution in [0.5, 0.6) is 0 Å². The summed E-state index contributed by atoms with van der Waals surface area (Å²) in [7, 11) is 0. The third kappa shape index (κ3) is 3.71. The minimum absolute atomic E-state index is 0.110. The summed E-state index contributed by atoms with van der Waals surface area (Å²) in [6, 6.07) is 0. The molecule has 1 aliphatic heterocycles. The number of rotatable bonds is 4. The molecule has 1 aliphatic rings. The zero-order valence-electron chi connectivity index (χ0n) is 14.5. The van der Waals surface area contributed by atoms with E-state index in [1.54, 1.807) is 24.9 Å². The molecular formula is C16H21N5O4. The average molecular weight is 347 g/mol. The van der Waals surface area contributed by atoms with Gasteiger partial charge in [-0.2, -0.15) is 0 Å². The zero-order valence-corrected chi connectivity index (χ0v) is 14.5. The Morgan fingerprint density at radius 3 is 2.92 bits per heavy atom. The van der Waals surface area contributed by atoms with Crippen molar-refractivity contribution >= 4 is 11.8 Å². The van der Waals surface area contributed by atoms with Gasteiger partial charge in [0.2, 0.25) is 5.91 Å². The lowest BCUT2D eigenvalue weighted by Gasteiger charge is -2.32. The molecule has 25 heavy (non-hydrogen) atoms. The van der Waals surface area contributed by atoms with Gasteiger partial charge >= 0.3 is 0 Å². The van der Waals surface area contributed by atoms with Gasteiger partial charge in [-0.25, -0.2) is 4.98 Å². The zero-order chi connectivity index (χ0) is 18.0. The summed E-state index contributed by atoms with van der Waals surface area (Å²) in [5.41, 5.74) is 1.87. The van der Waals surface area contributed by atoms with E-state index in [4.69, 9.17) is 9.26 Å². The second-order valence-corrected chi connectivity index (χ2v) is 6.01. The van der Waals surface area contributed by atoms with Crippen LogP contribution in [0.2, 0.25) is 0 Å². The molecule has 134 valence electrons. The van der Waals surface area contributed by atoms with E-state index in [1.165, 1.54) is 6.92 Å². The van der Waals surface area contributed by atoms with Crippen molar-refractivity contribution in [3.63, 3.8) is 0 Å². The van der Waals surface area contributed by atoms with Crippen LogP contribution in [0, 0.1) is 13.8 Å². The van der Waals surface area contributed by atoms with Gasteiger partial charge in [-0.3, -0.25) is 9.59 Å². The number of imidazole rings is 1. The summed E-state index contributed by atoms with van der Waals surface area (Å²) < 4.78 is 10.8. The first-order chi connectivity index (χ1) is 12.0. The van der Waals surface area contributed by atoms with Crippen molar-refractivity contribution in [2.75, 3.05) is 19.7 Å². The van der Waals surface area contributed by atoms with E-state index in [0.717, 1.165) is 5.69 Å². The molecule has 3 rings (SSSR count). The van der Waals surface area contributed by atoms with Crippen molar-refractivity contribution in [3.05, 3.63) is 34.7 Å². The molecule has 2 N–H and O–H groups in total. The minimum atomic E-state index is -0.343. The van der Waals surface area contributed by atoms with Crippen molar-refractivity contribution in [1.29, 1.82) is 0 Å². The summed E-state index contributed by atoms with van der Waals surface area (Å²) in [6.07, 6.45) is 1.31. The molecule has 0 bridgehead atoms. The number of aromatic amines is 1. The van der Waals surface area contributed by atoms with Crippen LogP contribution in [0.15, 0.2) is 10.7 Å². The smallest absolute Gasteiger partial charge is 0.259 e. The van der Waals surface area contributed by atoms with Crippen LogP contribution < -0.4 is 5.32 Å². The van der Waals surface area contributed by atoms with Crippen LogP contribution in [0.25, 0.3) is 0 Å². The molecule has 0 saturated carbocycles. The number of nitrogens with one attached hydrogen (secondary N) is 2. The number of aryl methyl sites for hydroxylation is 2. The fraction of sp³-hybridized carbons (Fsp3) is 0.500. The number of ether oxygens (including phenoxy) is 1. The van der Waals surface area contributed by atoms with E-state index < -0.39 is 0 Å². The minimum Gasteiger partial charge on any atom is -0.367 e. The highest BCUT2D eigenvalue weighted by Gasteiger charge is 2.30. The molecule has 2 aromatic heterocycles. The van der Waals surface area contributed by atoms with Gasteiger partial charge in [0.05, 0.1) is 37.3 Å². The Balaban J connectivity index is 1.69. The maximum atomic E-state index is 12.8. The molecule has 1 fully saturated rings. The third-order valence-corrected chi connectivity index (χ3v) is 4.08. The van der Waals surface area contributed by atoms with Crippen LogP contribution in [-0.4, -0.2) is 51.5 Å². The standard InChI is InChI=1S/C16H21N5O4/c1-9-14(10(2)25-20-9)16(23)21-4-5-24-13(8-21)15-18-7-12(19-15)6-17-11(3)22/h7,13H,4-6,8H2,1-3H3,(H,17,22)(H,18,19)/t13-/m1/s1. The van der Waals surface area contributed by atoms with E-state index in [0.29, 0.717) is 49.1 Å². The second-order valence-electron chi connectivity index (χ2n) is 6.01. The molecule has 2 amide bonds. The van der Waals surface area contributed by atoms with Gasteiger partial charge < -0.3 is 24.5 Å². The van der Waals surface area contributed by atoms with Crippen LogP contribution in [0.3, 0.4) is 0 Å². The molecule has 0 spiro atoms. The lowest BCUT2D eigenvalue weighted by atomic mass is 10.1. The molecule has 9 nitrogen and oxygen atoms in total. The normalized spacial score (nSPS) is 17.6. The first-order valence-corrected chi connectivity index (χ1v) is 8.07. The van der Waals surface area contributed by atoms with Gasteiger partial charge in [0.15, 0.2) is 0 Å². The van der Waals surface area contributed by atoms with Gasteiger partial charge in [-0.05, 0) is 13.8 Å². The van der Waals surface area contributed by atoms with E-state index in [1.807, 2.05) is 0 Å². The Morgan fingerprint density at radius 1 is 1.44 bits per heavy atom. The maximum absolute atomic E-state index is 12.8. The molecule has 0 unspecified atom stereocenters. The number of hydrogen-bond acceptors (Lipinski definition) is 6. The number of aromatic nitrogens is 3. The highest BCUT2D eigenvalue weighted by atomic mass is 16.5. The Labute approximate surface area is 144 Å². The SMILES string of the molecule is CC(=O)NCc1cnc([C@H]2CN(C(=O)c3c(C)noc3C)CCO2)[nH]1. The largest absolute Gasteiger partial charge is 0.367 e. The number of carbonyl (C=O) groups excluding carboxylic acids is 2. The predicted octanol–water partition coefficient (Wildman–Crippen LogP) is 0.864. The number of H-pyrrole nitrogens is 1. The topological polar surface area (TPSA) is 113 Å². The first-order valence-electron chi connectivity index (χ1n) is 8.07. The fourth-order valence-corrected chi connectivity index (χ4v) is 2.80. The highest BCUT2D eigenvalue weighted by Crippen LogP contribution is 2.23. The summed E-state index contributed by atoms with van der Waals surface area (Å²) in [4.78, 5) is 32.9. The molecule has 0 aliphatic carbocycles. The summed E-state index contributed by atoms with van der Waals surface area (Å²) in [6.45, 7) is 6.61. The second kappa shape index (κ2) is 7.06. The lowest BCUT2D eigenvalue weighted by Crippen LogP contribution is -2.42. The van der Waals surface area contributed by atoms with Crippen LogP contribution >= 0.6 is 0 Å². The Bertz CT molecular complexity index is 762. The van der Waals surface area contributed by atoms with Crippen molar-refractivity contribution in [2.45, 2.75) is 33.4 Å². The number of amides is 2. The summed E-state index contributed by atoms with van der Waals surface area (Å²) in [5.74, 6) is 0.925. The number of hydrogen-bond donors (Lipinski definition) is 2. The average Bonchev–Trinajstić information content (AvgIpc) is 3.19. The number of morpholine rings is 1. The van der Waals surface area contributed by atoms with Gasteiger partial charge in [0.1, 0.15) is 23.3 Å². The molecule has 3 heterocycles. The highest BCUT2D eigenvalue weighted by molar-refractivity contribution is 5.96. The van der Waals surface area contributed by atoms with E-state index in [-0.39, 0.29) is 17.9 Å². The van der Waals surface area contributed by atoms with Gasteiger partial charge in [-0.1, -0.05) is 5.16 Å². The Morgan fingerprint density at radius 2 is 2.24 bits per heavy atom. The summed E-state index contributed by atoms with van der Waals surface area (Å²) in [5, 5.41) is 6.54.